The van der Waals surface area contributed by atoms with Gasteiger partial charge in [0.1, 0.15) is 0 Å². The number of nitrogens with one attached hydrogen (secondary N) is 1. The first-order valence-electron chi connectivity index (χ1n) is 6.52. The van der Waals surface area contributed by atoms with Gasteiger partial charge in [0, 0.05) is 22.3 Å². The summed E-state index contributed by atoms with van der Waals surface area (Å²) in [4.78, 5) is 24.1. The smallest absolute Gasteiger partial charge is 0.317 e. The molecule has 2 aromatic rings. The van der Waals surface area contributed by atoms with Crippen molar-refractivity contribution in [2.45, 2.75) is 12.2 Å². The number of hydrogen-bond donors (Lipinski definition) is 2. The van der Waals surface area contributed by atoms with Gasteiger partial charge in [-0.25, -0.2) is 0 Å². The average Bonchev–Trinajstić information content (AvgIpc) is 2.53. The molecule has 112 valence electrons. The largest absolute Gasteiger partial charge is 0.368 e. The lowest BCUT2D eigenvalue weighted by molar-refractivity contribution is -0.128. The second-order valence-electron chi connectivity index (χ2n) is 4.95. The number of amides is 1. The topological polar surface area (TPSA) is 66.4 Å². The van der Waals surface area contributed by atoms with Crippen molar-refractivity contribution in [1.29, 1.82) is 0 Å². The minimum absolute atomic E-state index is 0.132. The zero-order valence-electron chi connectivity index (χ0n) is 11.2. The fourth-order valence-electron chi connectivity index (χ4n) is 2.36. The number of aliphatic hydroxyl groups excluding tert-OH is 1. The number of carbonyl (C=O) groups is 2. The molecule has 0 fully saturated rings. The number of fused-ring (bicyclic) bond motifs is 1. The van der Waals surface area contributed by atoms with E-state index in [1.165, 1.54) is 6.07 Å². The van der Waals surface area contributed by atoms with Crippen molar-refractivity contribution in [3.63, 3.8) is 0 Å². The van der Waals surface area contributed by atoms with Gasteiger partial charge in [-0.2, -0.15) is 8.78 Å². The first kappa shape index (κ1) is 14.3. The maximum Gasteiger partial charge on any atom is 0.317 e. The van der Waals surface area contributed by atoms with Crippen LogP contribution in [0.4, 0.5) is 8.78 Å². The van der Waals surface area contributed by atoms with Crippen LogP contribution < -0.4 is 5.32 Å². The van der Waals surface area contributed by atoms with Crippen LogP contribution in [-0.4, -0.2) is 23.0 Å². The van der Waals surface area contributed by atoms with Crippen LogP contribution in [0, 0.1) is 0 Å². The van der Waals surface area contributed by atoms with Crippen LogP contribution in [-0.2, 0) is 5.92 Å². The van der Waals surface area contributed by atoms with Gasteiger partial charge in [-0.15, -0.1) is 0 Å². The van der Waals surface area contributed by atoms with Crippen LogP contribution in [0.3, 0.4) is 0 Å². The van der Waals surface area contributed by atoms with E-state index < -0.39 is 23.6 Å². The molecule has 0 aromatic heterocycles. The minimum Gasteiger partial charge on any atom is -0.368 e. The summed E-state index contributed by atoms with van der Waals surface area (Å²) in [6.07, 6.45) is -2.27. The molecule has 6 heteroatoms. The van der Waals surface area contributed by atoms with Crippen LogP contribution in [0.1, 0.15) is 31.8 Å². The molecule has 0 bridgehead atoms. The fraction of sp³-hybridized carbons (Fsp3) is 0.125. The minimum atomic E-state index is -3.60. The van der Waals surface area contributed by atoms with Crippen molar-refractivity contribution in [2.24, 2.45) is 0 Å². The van der Waals surface area contributed by atoms with Gasteiger partial charge in [0.2, 0.25) is 0 Å². The highest BCUT2D eigenvalue weighted by atomic mass is 19.3. The summed E-state index contributed by atoms with van der Waals surface area (Å²) in [7, 11) is 0. The van der Waals surface area contributed by atoms with Gasteiger partial charge in [0.15, 0.2) is 12.0 Å². The molecule has 1 amide bonds. The van der Waals surface area contributed by atoms with Crippen LogP contribution in [0.5, 0.6) is 0 Å². The van der Waals surface area contributed by atoms with Gasteiger partial charge in [-0.3, -0.25) is 9.59 Å². The Kier molecular flexibility index (Phi) is 3.26. The lowest BCUT2D eigenvalue weighted by atomic mass is 9.92. The Morgan fingerprint density at radius 3 is 2.45 bits per heavy atom. The van der Waals surface area contributed by atoms with Gasteiger partial charge in [-0.1, -0.05) is 42.5 Å². The zero-order chi connectivity index (χ0) is 15.9. The number of alkyl halides is 2. The Hall–Kier alpha value is -2.60. The first-order valence-corrected chi connectivity index (χ1v) is 6.52. The van der Waals surface area contributed by atoms with Gasteiger partial charge in [0.25, 0.3) is 5.91 Å². The molecule has 0 aliphatic carbocycles. The van der Waals surface area contributed by atoms with Crippen LogP contribution in [0.2, 0.25) is 0 Å². The van der Waals surface area contributed by atoms with E-state index in [9.17, 15) is 23.5 Å². The third-order valence-corrected chi connectivity index (χ3v) is 3.53. The predicted octanol–water partition coefficient (Wildman–Crippen LogP) is 2.07. The fourth-order valence-corrected chi connectivity index (χ4v) is 2.36. The summed E-state index contributed by atoms with van der Waals surface area (Å²) in [5.41, 5.74) is -0.372. The maximum atomic E-state index is 13.9. The number of rotatable bonds is 2. The monoisotopic (exact) mass is 303 g/mol. The van der Waals surface area contributed by atoms with Crippen LogP contribution in [0.15, 0.2) is 48.5 Å². The van der Waals surface area contributed by atoms with E-state index in [4.69, 9.17) is 0 Å². The average molecular weight is 303 g/mol. The molecule has 0 saturated carbocycles. The summed E-state index contributed by atoms with van der Waals surface area (Å²) in [6, 6.07) is 11.7. The van der Waals surface area contributed by atoms with E-state index in [1.807, 2.05) is 0 Å². The van der Waals surface area contributed by atoms with E-state index >= 15 is 0 Å². The molecule has 2 N–H and O–H groups in total. The van der Waals surface area contributed by atoms with Crippen molar-refractivity contribution in [2.75, 3.05) is 0 Å². The molecule has 1 unspecified atom stereocenters. The molecule has 4 nitrogen and oxygen atoms in total. The van der Waals surface area contributed by atoms with E-state index in [1.54, 1.807) is 35.6 Å². The summed E-state index contributed by atoms with van der Waals surface area (Å²) in [6.45, 7) is 0. The Labute approximate surface area is 124 Å². The van der Waals surface area contributed by atoms with Crippen molar-refractivity contribution >= 4 is 11.7 Å². The summed E-state index contributed by atoms with van der Waals surface area (Å²) >= 11 is 0. The normalized spacial score (nSPS) is 19.2. The number of benzene rings is 2. The van der Waals surface area contributed by atoms with E-state index in [0.717, 1.165) is 12.1 Å². The summed E-state index contributed by atoms with van der Waals surface area (Å²) < 4.78 is 27.7. The van der Waals surface area contributed by atoms with Crippen LogP contribution in [0.25, 0.3) is 0 Å². The van der Waals surface area contributed by atoms with Gasteiger partial charge < -0.3 is 10.4 Å². The molecule has 0 saturated heterocycles. The lowest BCUT2D eigenvalue weighted by Gasteiger charge is -2.30. The quantitative estimate of drug-likeness (QED) is 0.835. The van der Waals surface area contributed by atoms with Crippen molar-refractivity contribution in [3.05, 3.63) is 70.8 Å². The maximum absolute atomic E-state index is 13.9. The number of hydrogen-bond acceptors (Lipinski definition) is 3. The van der Waals surface area contributed by atoms with Crippen LogP contribution >= 0.6 is 0 Å². The molecule has 0 radical (unpaired) electrons. The van der Waals surface area contributed by atoms with E-state index in [-0.39, 0.29) is 16.9 Å². The summed E-state index contributed by atoms with van der Waals surface area (Å²) in [5.74, 6) is -4.81. The molecule has 2 aromatic carbocycles. The molecular weight excluding hydrogens is 292 g/mol. The van der Waals surface area contributed by atoms with Gasteiger partial charge in [-0.05, 0) is 6.07 Å². The second kappa shape index (κ2) is 4.99. The SMILES string of the molecule is O=C(c1ccccc1)c1ccc2c(c1)C(=O)NC(O)C2(F)F. The Morgan fingerprint density at radius 2 is 1.77 bits per heavy atom. The highest BCUT2D eigenvalue weighted by molar-refractivity contribution is 6.10. The molecule has 22 heavy (non-hydrogen) atoms. The number of ketones is 1. The van der Waals surface area contributed by atoms with Gasteiger partial charge >= 0.3 is 5.92 Å². The molecular formula is C16H11F2NO3. The zero-order valence-corrected chi connectivity index (χ0v) is 11.2. The second-order valence-corrected chi connectivity index (χ2v) is 4.95. The van der Waals surface area contributed by atoms with E-state index in [0.29, 0.717) is 5.56 Å². The summed E-state index contributed by atoms with van der Waals surface area (Å²) in [5, 5.41) is 11.0. The molecule has 1 atom stereocenters. The molecule has 1 heterocycles. The number of aliphatic hydroxyl groups is 1. The highest BCUT2D eigenvalue weighted by Crippen LogP contribution is 2.37. The predicted molar refractivity (Wildman–Crippen MR) is 73.7 cm³/mol. The van der Waals surface area contributed by atoms with Crippen molar-refractivity contribution in [3.8, 4) is 0 Å². The first-order chi connectivity index (χ1) is 10.4. The third-order valence-electron chi connectivity index (χ3n) is 3.53. The molecule has 0 spiro atoms. The van der Waals surface area contributed by atoms with Crippen molar-refractivity contribution < 1.29 is 23.5 Å². The number of carbonyl (C=O) groups excluding carboxylic acids is 2. The Bertz CT molecular complexity index is 759. The lowest BCUT2D eigenvalue weighted by Crippen LogP contribution is -2.51. The molecule has 1 aliphatic heterocycles. The Morgan fingerprint density at radius 1 is 1.09 bits per heavy atom. The molecule has 1 aliphatic rings. The van der Waals surface area contributed by atoms with E-state index in [2.05, 4.69) is 0 Å². The van der Waals surface area contributed by atoms with Crippen molar-refractivity contribution in [1.82, 2.24) is 5.32 Å². The van der Waals surface area contributed by atoms with Gasteiger partial charge in [0.05, 0.1) is 0 Å². The third kappa shape index (κ3) is 2.17. The molecule has 3 rings (SSSR count). The Balaban J connectivity index is 2.07. The highest BCUT2D eigenvalue weighted by Gasteiger charge is 2.48. The number of halogens is 2. The standard InChI is InChI=1S/C16H11F2NO3/c17-16(18)12-7-6-10(8-11(12)14(21)19-15(16)22)13(20)9-4-2-1-3-5-9/h1-8,15,22H,(H,19,21).